The van der Waals surface area contributed by atoms with E-state index in [-0.39, 0.29) is 83.4 Å². The minimum absolute atomic E-state index is 0.0347. The van der Waals surface area contributed by atoms with Crippen molar-refractivity contribution in [2.75, 3.05) is 19.6 Å². The monoisotopic (exact) mass is 1380 g/mol. The van der Waals surface area contributed by atoms with Gasteiger partial charge in [0.25, 0.3) is 5.91 Å². The second-order valence-corrected chi connectivity index (χ2v) is 28.1. The Morgan fingerprint density at radius 1 is 0.402 bits per heavy atom. The van der Waals surface area contributed by atoms with E-state index in [1.54, 1.807) is 31.5 Å². The van der Waals surface area contributed by atoms with Gasteiger partial charge in [0.15, 0.2) is 0 Å². The Kier molecular flexibility index (Phi) is 70.9. The maximum absolute atomic E-state index is 11.5. The molecule has 97 heavy (non-hydrogen) atoms. The summed E-state index contributed by atoms with van der Waals surface area (Å²) < 4.78 is 0. The van der Waals surface area contributed by atoms with E-state index in [2.05, 4.69) is 61.4 Å². The Bertz CT molecular complexity index is 2160. The van der Waals surface area contributed by atoms with Crippen molar-refractivity contribution in [2.45, 2.75) is 342 Å². The van der Waals surface area contributed by atoms with E-state index in [4.69, 9.17) is 17.2 Å². The summed E-state index contributed by atoms with van der Waals surface area (Å²) >= 11 is 0. The van der Waals surface area contributed by atoms with Crippen molar-refractivity contribution in [3.63, 3.8) is 0 Å². The molecule has 3 fully saturated rings. The number of pyridine rings is 1. The number of nitrogens with two attached hydrogens (primary N) is 3. The molecule has 8 amide bonds. The smallest absolute Gasteiger partial charge is 0.251 e. The van der Waals surface area contributed by atoms with Crippen LogP contribution in [0, 0.1) is 29.6 Å². The van der Waals surface area contributed by atoms with E-state index in [1.807, 2.05) is 132 Å². The zero-order valence-electron chi connectivity index (χ0n) is 65.5. The Morgan fingerprint density at radius 3 is 0.969 bits per heavy atom. The first-order valence-corrected chi connectivity index (χ1v) is 36.6. The van der Waals surface area contributed by atoms with Gasteiger partial charge in [-0.3, -0.25) is 48.1 Å². The lowest BCUT2D eigenvalue weighted by molar-refractivity contribution is -0.128. The molecule has 0 spiro atoms. The number of ketones is 2. The molecule has 0 saturated heterocycles. The van der Waals surface area contributed by atoms with E-state index in [0.29, 0.717) is 104 Å². The third kappa shape index (κ3) is 79.0. The summed E-state index contributed by atoms with van der Waals surface area (Å²) in [5.41, 5.74) is 16.3. The van der Waals surface area contributed by atoms with Gasteiger partial charge in [-0.15, -0.1) is 0 Å². The summed E-state index contributed by atoms with van der Waals surface area (Å²) in [6, 6.07) is 5.43. The third-order valence-electron chi connectivity index (χ3n) is 13.6. The fraction of sp³-hybridized carbons (Fsp3) is 0.800. The van der Waals surface area contributed by atoms with Gasteiger partial charge in [-0.2, -0.15) is 0 Å². The molecule has 0 bridgehead atoms. The van der Waals surface area contributed by atoms with Gasteiger partial charge in [0, 0.05) is 136 Å². The van der Waals surface area contributed by atoms with Crippen LogP contribution in [0.25, 0.3) is 0 Å². The van der Waals surface area contributed by atoms with Gasteiger partial charge in [-0.05, 0) is 213 Å². The number of nitrogens with one attached hydrogen (secondary N) is 8. The molecule has 3 aliphatic rings. The first kappa shape index (κ1) is 102. The van der Waals surface area contributed by atoms with E-state index >= 15 is 0 Å². The summed E-state index contributed by atoms with van der Waals surface area (Å²) in [6.07, 6.45) is 23.9. The Balaban J connectivity index is -0.000000238. The highest BCUT2D eigenvalue weighted by atomic mass is 16.2. The summed E-state index contributed by atoms with van der Waals surface area (Å²) in [6.45, 7) is 46.3. The molecule has 22 heteroatoms. The lowest BCUT2D eigenvalue weighted by Crippen LogP contribution is -2.38. The minimum Gasteiger partial charge on any atom is -0.354 e. The molecular weight excluding hydrogens is 1230 g/mol. The van der Waals surface area contributed by atoms with Crippen molar-refractivity contribution >= 4 is 58.8 Å². The van der Waals surface area contributed by atoms with Crippen molar-refractivity contribution in [3.8, 4) is 0 Å². The maximum atomic E-state index is 11.5. The van der Waals surface area contributed by atoms with Gasteiger partial charge in [0.2, 0.25) is 41.4 Å². The zero-order valence-corrected chi connectivity index (χ0v) is 65.5. The van der Waals surface area contributed by atoms with Crippen LogP contribution in [0.3, 0.4) is 0 Å². The molecule has 4 rings (SSSR count). The molecule has 1 heterocycles. The first-order chi connectivity index (χ1) is 45.2. The first-order valence-electron chi connectivity index (χ1n) is 36.6. The van der Waals surface area contributed by atoms with Gasteiger partial charge in [0.05, 0.1) is 0 Å². The number of carbonyl (C=O) groups excluding carboxylic acids is 10. The van der Waals surface area contributed by atoms with Gasteiger partial charge < -0.3 is 64.5 Å². The summed E-state index contributed by atoms with van der Waals surface area (Å²) in [5, 5.41) is 22.6. The zero-order chi connectivity index (χ0) is 76.0. The number of aromatic nitrogens is 1. The number of carbonyl (C=O) groups is 10. The van der Waals surface area contributed by atoms with Crippen LogP contribution in [0.15, 0.2) is 24.5 Å². The lowest BCUT2D eigenvalue weighted by Gasteiger charge is -2.25. The molecule has 0 atom stereocenters. The van der Waals surface area contributed by atoms with Crippen molar-refractivity contribution in [1.29, 1.82) is 0 Å². The number of rotatable bonds is 26. The molecule has 3 aliphatic carbocycles. The van der Waals surface area contributed by atoms with Crippen LogP contribution in [0.1, 0.15) is 304 Å². The van der Waals surface area contributed by atoms with Crippen LogP contribution >= 0.6 is 0 Å². The quantitative estimate of drug-likeness (QED) is 0.0384. The fourth-order valence-electron chi connectivity index (χ4n) is 8.59. The van der Waals surface area contributed by atoms with Crippen LogP contribution in [0.5, 0.6) is 0 Å². The average Bonchev–Trinajstić information content (AvgIpc) is 2.33. The molecule has 3 saturated carbocycles. The van der Waals surface area contributed by atoms with Gasteiger partial charge in [-0.25, -0.2) is 0 Å². The highest BCUT2D eigenvalue weighted by Crippen LogP contribution is 2.27. The SMILES string of the molecule is CC(=O)CCC(C)C.CC(=O)NC(C)C.CC(C)NC(=O)C1CCC1.CC(C)NC(=O)C1CCCC1.CC(C)NC(=O)C1CCCCC1.CC(C)NC(=O)CCCCN.CC(C)NC(=O)CCCN.CC(C)NC(=O)CCN.CC(C)NC(=O)c1ccncc1.CCC(=O)C(C)C. The Labute approximate surface area is 590 Å². The predicted molar refractivity (Wildman–Crippen MR) is 401 cm³/mol. The molecule has 0 aliphatic heterocycles. The number of amides is 8. The van der Waals surface area contributed by atoms with Crippen LogP contribution in [-0.2, 0) is 43.2 Å². The molecule has 0 aromatic carbocycles. The van der Waals surface area contributed by atoms with E-state index in [0.717, 1.165) is 70.6 Å². The number of Topliss-reactive ketones (excluding diaryl/α,β-unsaturated/α-hetero) is 2. The van der Waals surface area contributed by atoms with E-state index in [9.17, 15) is 47.9 Å². The van der Waals surface area contributed by atoms with Crippen molar-refractivity contribution in [3.05, 3.63) is 30.1 Å². The summed E-state index contributed by atoms with van der Waals surface area (Å²) in [4.78, 5) is 113. The van der Waals surface area contributed by atoms with Crippen LogP contribution < -0.4 is 59.7 Å². The van der Waals surface area contributed by atoms with Gasteiger partial charge in [-0.1, -0.05) is 73.1 Å². The fourth-order valence-corrected chi connectivity index (χ4v) is 8.59. The highest BCUT2D eigenvalue weighted by molar-refractivity contribution is 5.94. The highest BCUT2D eigenvalue weighted by Gasteiger charge is 2.25. The Hall–Kier alpha value is -5.87. The minimum atomic E-state index is -0.0487. The second kappa shape index (κ2) is 67.3. The molecule has 14 N–H and O–H groups in total. The molecule has 0 unspecified atom stereocenters. The standard InChI is InChI=1S/C10H19NO.C9H12N2O.C9H17NO.C8H18N2O.C8H15NO.C7H16N2O.C7H14O.C6H14N2O.C6H12O.C5H11NO/c1-8(2)11-10(12)9-6-4-3-5-7-9;1-7(2)11-9(12)8-3-5-10-6-4-8;1-7(2)10-9(11)8-5-3-4-6-8;1-7(2)10-8(11)5-3-4-6-9;1-6(2)9-8(10)7-4-3-5-7;1-6(2)9-7(10)4-3-5-8;1-6(2)4-5-7(3)8;1-5(2)8-6(9)3-4-7;1-4-6(7)5(2)3;1-4(2)6-5(3)7/h8-9H,3-7H2,1-2H3,(H,11,12);3-7H,1-2H3,(H,11,12);7-8H,3-6H2,1-2H3,(H,10,11);7H,3-6,9H2,1-2H3,(H,10,11);6-7H,3-5H2,1-2H3,(H,9,10);6H,3-5,8H2,1-2H3,(H,9,10);6H,4-5H2,1-3H3;5H,3-4,7H2,1-2H3,(H,8,9);5H,4H2,1-3H3;4H,1-3H3,(H,6,7). The maximum Gasteiger partial charge on any atom is 0.251 e. The van der Waals surface area contributed by atoms with Crippen LogP contribution in [0.2, 0.25) is 0 Å². The number of nitrogens with zero attached hydrogens (tertiary/aromatic N) is 1. The van der Waals surface area contributed by atoms with E-state index < -0.39 is 0 Å². The van der Waals surface area contributed by atoms with Crippen molar-refractivity contribution < 1.29 is 47.9 Å². The molecule has 0 radical (unpaired) electrons. The van der Waals surface area contributed by atoms with Gasteiger partial charge >= 0.3 is 0 Å². The van der Waals surface area contributed by atoms with E-state index in [1.165, 1.54) is 45.4 Å². The molecule has 1 aromatic rings. The summed E-state index contributed by atoms with van der Waals surface area (Å²) in [7, 11) is 0. The number of unbranched alkanes of at least 4 members (excludes halogenated alkanes) is 1. The largest absolute Gasteiger partial charge is 0.354 e. The van der Waals surface area contributed by atoms with Crippen LogP contribution in [0.4, 0.5) is 0 Å². The molecule has 1 aromatic heterocycles. The molecular formula is C75H148N12O10. The number of hydrogen-bond acceptors (Lipinski definition) is 14. The lowest BCUT2D eigenvalue weighted by atomic mass is 9.85. The Morgan fingerprint density at radius 2 is 0.732 bits per heavy atom. The normalized spacial score (nSPS) is 13.0. The summed E-state index contributed by atoms with van der Waals surface area (Å²) in [5.74, 6) is 3.54. The second-order valence-electron chi connectivity index (χ2n) is 28.1. The van der Waals surface area contributed by atoms with Gasteiger partial charge in [0.1, 0.15) is 11.6 Å². The predicted octanol–water partition coefficient (Wildman–Crippen LogP) is 11.2. The van der Waals surface area contributed by atoms with Crippen LogP contribution in [-0.4, -0.2) is 132 Å². The number of hydrogen-bond donors (Lipinski definition) is 11. The van der Waals surface area contributed by atoms with Crippen molar-refractivity contribution in [1.82, 2.24) is 47.5 Å². The molecule has 22 nitrogen and oxygen atoms in total. The molecule has 568 valence electrons. The third-order valence-corrected chi connectivity index (χ3v) is 13.6. The topological polar surface area (TPSA) is 358 Å². The van der Waals surface area contributed by atoms with Crippen molar-refractivity contribution in [2.24, 2.45) is 46.8 Å². The average molecular weight is 1380 g/mol.